The molecule has 0 saturated carbocycles. The predicted octanol–water partition coefficient (Wildman–Crippen LogP) is 4.29. The number of para-hydroxylation sites is 1. The molecule has 4 rings (SSSR count). The normalized spacial score (nSPS) is 10.9. The van der Waals surface area contributed by atoms with Crippen LogP contribution >= 0.6 is 11.8 Å². The molecule has 0 aliphatic heterocycles. The number of carbonyl (C=O) groups is 1. The van der Waals surface area contributed by atoms with E-state index in [4.69, 9.17) is 9.47 Å². The largest absolute Gasteiger partial charge is 0.504 e. The number of carbonyl (C=O) groups excluding carboxylic acids is 1. The van der Waals surface area contributed by atoms with Gasteiger partial charge in [0.25, 0.3) is 5.91 Å². The first-order valence-electron chi connectivity index (χ1n) is 11.2. The number of nitrogens with zero attached hydrogens (tertiary/aromatic N) is 4. The molecular formula is C26H25N5O4S. The fourth-order valence-electron chi connectivity index (χ4n) is 3.37. The molecule has 9 nitrogen and oxygen atoms in total. The highest BCUT2D eigenvalue weighted by molar-refractivity contribution is 7.99. The quantitative estimate of drug-likeness (QED) is 0.189. The zero-order valence-corrected chi connectivity index (χ0v) is 20.6. The summed E-state index contributed by atoms with van der Waals surface area (Å²) in [6.07, 6.45) is 1.36. The summed E-state index contributed by atoms with van der Waals surface area (Å²) in [6.45, 7) is 2.52. The first kappa shape index (κ1) is 24.8. The molecular weight excluding hydrogens is 478 g/mol. The van der Waals surface area contributed by atoms with Gasteiger partial charge >= 0.3 is 0 Å². The van der Waals surface area contributed by atoms with Gasteiger partial charge in [-0.2, -0.15) is 5.10 Å². The third-order valence-corrected chi connectivity index (χ3v) is 5.98. The van der Waals surface area contributed by atoms with Crippen LogP contribution in [-0.4, -0.2) is 51.5 Å². The molecule has 0 atom stereocenters. The van der Waals surface area contributed by atoms with Crippen molar-refractivity contribution in [2.24, 2.45) is 5.10 Å². The molecule has 0 radical (unpaired) electrons. The molecule has 0 saturated heterocycles. The number of thioether (sulfide) groups is 1. The van der Waals surface area contributed by atoms with E-state index < -0.39 is 0 Å². The van der Waals surface area contributed by atoms with E-state index in [0.717, 1.165) is 17.0 Å². The maximum absolute atomic E-state index is 12.4. The molecule has 2 N–H and O–H groups in total. The number of nitrogens with one attached hydrogen (secondary N) is 1. The maximum Gasteiger partial charge on any atom is 0.250 e. The van der Waals surface area contributed by atoms with Crippen LogP contribution in [0.1, 0.15) is 12.5 Å². The topological polar surface area (TPSA) is 111 Å². The lowest BCUT2D eigenvalue weighted by Gasteiger charge is -2.11. The first-order valence-corrected chi connectivity index (χ1v) is 12.1. The van der Waals surface area contributed by atoms with Gasteiger partial charge in [-0.3, -0.25) is 9.36 Å². The Bertz CT molecular complexity index is 1340. The van der Waals surface area contributed by atoms with E-state index in [0.29, 0.717) is 28.9 Å². The molecule has 0 bridgehead atoms. The Morgan fingerprint density at radius 1 is 1.08 bits per heavy atom. The van der Waals surface area contributed by atoms with Gasteiger partial charge in [-0.1, -0.05) is 48.2 Å². The Labute approximate surface area is 212 Å². The number of ether oxygens (including phenoxy) is 2. The monoisotopic (exact) mass is 503 g/mol. The molecule has 10 heteroatoms. The molecule has 0 fully saturated rings. The number of rotatable bonds is 10. The lowest BCUT2D eigenvalue weighted by atomic mass is 10.2. The van der Waals surface area contributed by atoms with Gasteiger partial charge in [0.05, 0.1) is 25.7 Å². The van der Waals surface area contributed by atoms with Crippen molar-refractivity contribution in [3.63, 3.8) is 0 Å². The van der Waals surface area contributed by atoms with Crippen molar-refractivity contribution in [1.29, 1.82) is 0 Å². The van der Waals surface area contributed by atoms with Gasteiger partial charge in [-0.15, -0.1) is 10.2 Å². The summed E-state index contributed by atoms with van der Waals surface area (Å²) < 4.78 is 12.5. The molecule has 1 amide bonds. The van der Waals surface area contributed by atoms with Crippen LogP contribution < -0.4 is 14.9 Å². The van der Waals surface area contributed by atoms with Crippen molar-refractivity contribution in [2.75, 3.05) is 19.5 Å². The number of phenols is 1. The van der Waals surface area contributed by atoms with Crippen molar-refractivity contribution in [3.05, 3.63) is 78.4 Å². The van der Waals surface area contributed by atoms with Gasteiger partial charge in [0.2, 0.25) is 0 Å². The average Bonchev–Trinajstić information content (AvgIpc) is 3.33. The number of aromatic hydroxyl groups is 1. The summed E-state index contributed by atoms with van der Waals surface area (Å²) in [5.74, 6) is 1.43. The van der Waals surface area contributed by atoms with E-state index in [9.17, 15) is 9.90 Å². The van der Waals surface area contributed by atoms with Crippen molar-refractivity contribution in [1.82, 2.24) is 20.2 Å². The Morgan fingerprint density at radius 3 is 2.58 bits per heavy atom. The Balaban J connectivity index is 1.50. The van der Waals surface area contributed by atoms with Crippen molar-refractivity contribution in [2.45, 2.75) is 12.1 Å². The standard InChI is InChI=1S/C26H25N5O4S/c1-3-35-21-14-12-20(13-15-21)31-25(18-8-5-4-6-9-18)29-30-26(31)36-17-23(32)28-27-16-19-10-7-11-22(34-2)24(19)33/h4-16,33H,3,17H2,1-2H3,(H,28,32)/b27-16-. The van der Waals surface area contributed by atoms with Crippen LogP contribution in [0.25, 0.3) is 17.1 Å². The minimum absolute atomic E-state index is 0.0516. The third kappa shape index (κ3) is 5.84. The Morgan fingerprint density at radius 2 is 1.86 bits per heavy atom. The zero-order chi connectivity index (χ0) is 25.3. The molecule has 1 heterocycles. The van der Waals surface area contributed by atoms with Gasteiger partial charge in [0.1, 0.15) is 5.75 Å². The first-order chi connectivity index (χ1) is 17.6. The number of amides is 1. The molecule has 3 aromatic carbocycles. The smallest absolute Gasteiger partial charge is 0.250 e. The fourth-order valence-corrected chi connectivity index (χ4v) is 4.12. The van der Waals surface area contributed by atoms with Crippen LogP contribution in [-0.2, 0) is 4.79 Å². The van der Waals surface area contributed by atoms with Gasteiger partial charge in [-0.25, -0.2) is 5.43 Å². The minimum Gasteiger partial charge on any atom is -0.504 e. The minimum atomic E-state index is -0.332. The Hall–Kier alpha value is -4.31. The molecule has 36 heavy (non-hydrogen) atoms. The van der Waals surface area contributed by atoms with Gasteiger partial charge < -0.3 is 14.6 Å². The van der Waals surface area contributed by atoms with Gasteiger partial charge in [0.15, 0.2) is 22.5 Å². The third-order valence-electron chi connectivity index (χ3n) is 5.05. The summed E-state index contributed by atoms with van der Waals surface area (Å²) in [6, 6.07) is 22.4. The number of hydrogen-bond donors (Lipinski definition) is 2. The van der Waals surface area contributed by atoms with E-state index in [1.54, 1.807) is 18.2 Å². The second kappa shape index (κ2) is 11.9. The van der Waals surface area contributed by atoms with Gasteiger partial charge in [0, 0.05) is 16.8 Å². The van der Waals surface area contributed by atoms with Gasteiger partial charge in [-0.05, 0) is 43.3 Å². The highest BCUT2D eigenvalue weighted by Gasteiger charge is 2.17. The highest BCUT2D eigenvalue weighted by atomic mass is 32.2. The SMILES string of the molecule is CCOc1ccc(-n2c(SCC(=O)N/N=C\c3cccc(OC)c3O)nnc2-c2ccccc2)cc1. The van der Waals surface area contributed by atoms with Crippen molar-refractivity contribution in [3.8, 4) is 34.3 Å². The predicted molar refractivity (Wildman–Crippen MR) is 139 cm³/mol. The maximum atomic E-state index is 12.4. The fraction of sp³-hybridized carbons (Fsp3) is 0.154. The Kier molecular flexibility index (Phi) is 8.20. The van der Waals surface area contributed by atoms with Crippen LogP contribution in [0.3, 0.4) is 0 Å². The van der Waals surface area contributed by atoms with Crippen LogP contribution in [0.2, 0.25) is 0 Å². The number of benzene rings is 3. The summed E-state index contributed by atoms with van der Waals surface area (Å²) in [5, 5.41) is 23.4. The molecule has 4 aromatic rings. The number of hydrogen-bond acceptors (Lipinski definition) is 8. The van der Waals surface area contributed by atoms with E-state index >= 15 is 0 Å². The van der Waals surface area contributed by atoms with Crippen LogP contribution in [0, 0.1) is 0 Å². The number of methoxy groups -OCH3 is 1. The summed E-state index contributed by atoms with van der Waals surface area (Å²) in [7, 11) is 1.46. The molecule has 0 aliphatic rings. The molecule has 0 aliphatic carbocycles. The molecule has 0 unspecified atom stereocenters. The van der Waals surface area contributed by atoms with E-state index in [2.05, 4.69) is 20.7 Å². The van der Waals surface area contributed by atoms with E-state index in [1.807, 2.05) is 66.1 Å². The zero-order valence-electron chi connectivity index (χ0n) is 19.8. The van der Waals surface area contributed by atoms with Crippen LogP contribution in [0.5, 0.6) is 17.2 Å². The van der Waals surface area contributed by atoms with E-state index in [1.165, 1.54) is 25.1 Å². The van der Waals surface area contributed by atoms with Crippen LogP contribution in [0.4, 0.5) is 0 Å². The van der Waals surface area contributed by atoms with Crippen LogP contribution in [0.15, 0.2) is 83.1 Å². The van der Waals surface area contributed by atoms with E-state index in [-0.39, 0.29) is 17.4 Å². The number of aromatic nitrogens is 3. The average molecular weight is 504 g/mol. The molecule has 1 aromatic heterocycles. The second-order valence-corrected chi connectivity index (χ2v) is 8.36. The number of phenolic OH excluding ortho intramolecular Hbond substituents is 1. The molecule has 0 spiro atoms. The molecule has 184 valence electrons. The second-order valence-electron chi connectivity index (χ2n) is 7.41. The summed E-state index contributed by atoms with van der Waals surface area (Å²) in [4.78, 5) is 12.4. The highest BCUT2D eigenvalue weighted by Crippen LogP contribution is 2.29. The lowest BCUT2D eigenvalue weighted by Crippen LogP contribution is -2.20. The summed E-state index contributed by atoms with van der Waals surface area (Å²) in [5.41, 5.74) is 4.64. The lowest BCUT2D eigenvalue weighted by molar-refractivity contribution is -0.118. The van der Waals surface area contributed by atoms with Crippen molar-refractivity contribution >= 4 is 23.9 Å². The van der Waals surface area contributed by atoms with Crippen molar-refractivity contribution < 1.29 is 19.4 Å². The summed E-state index contributed by atoms with van der Waals surface area (Å²) >= 11 is 1.24. The number of hydrazone groups is 1.